The highest BCUT2D eigenvalue weighted by Crippen LogP contribution is 2.32. The van der Waals surface area contributed by atoms with Gasteiger partial charge in [0, 0.05) is 30.1 Å². The highest BCUT2D eigenvalue weighted by Gasteiger charge is 2.21. The van der Waals surface area contributed by atoms with Crippen molar-refractivity contribution in [3.05, 3.63) is 102 Å². The number of nitrogens with one attached hydrogen (secondary N) is 1. The molecule has 0 bridgehead atoms. The van der Waals surface area contributed by atoms with Crippen LogP contribution >= 0.6 is 0 Å². The van der Waals surface area contributed by atoms with Gasteiger partial charge in [0.05, 0.1) is 5.69 Å². The quantitative estimate of drug-likeness (QED) is 0.540. The molecule has 0 radical (unpaired) electrons. The van der Waals surface area contributed by atoms with E-state index in [2.05, 4.69) is 0 Å². The van der Waals surface area contributed by atoms with E-state index in [4.69, 9.17) is 10.1 Å². The third-order valence-electron chi connectivity index (χ3n) is 4.63. The van der Waals surface area contributed by atoms with Crippen LogP contribution in [0, 0.1) is 5.41 Å². The van der Waals surface area contributed by atoms with E-state index in [1.165, 1.54) is 6.26 Å². The Morgan fingerprint density at radius 1 is 0.893 bits per heavy atom. The predicted octanol–water partition coefficient (Wildman–Crippen LogP) is 4.66. The number of amides is 1. The first-order valence-corrected chi connectivity index (χ1v) is 8.89. The van der Waals surface area contributed by atoms with E-state index in [9.17, 15) is 4.79 Å². The molecule has 0 aliphatic carbocycles. The summed E-state index contributed by atoms with van der Waals surface area (Å²) in [6.07, 6.45) is 3.11. The van der Waals surface area contributed by atoms with Crippen LogP contribution in [0.4, 0.5) is 11.4 Å². The van der Waals surface area contributed by atoms with Gasteiger partial charge < -0.3 is 9.64 Å². The maximum atomic E-state index is 13.0. The zero-order chi connectivity index (χ0) is 19.5. The molecular formula is C23H19N3O2. The van der Waals surface area contributed by atoms with E-state index in [-0.39, 0.29) is 5.91 Å². The van der Waals surface area contributed by atoms with E-state index in [1.807, 2.05) is 61.6 Å². The molecular weight excluding hydrogens is 350 g/mol. The Morgan fingerprint density at radius 3 is 2.29 bits per heavy atom. The SMILES string of the molecule is CN(C(=N)c1ccc(C(=O)N2C=COc3ccccc32)cc1)c1ccccc1. The van der Waals surface area contributed by atoms with Crippen molar-refractivity contribution in [3.8, 4) is 5.75 Å². The van der Waals surface area contributed by atoms with E-state index in [0.29, 0.717) is 22.8 Å². The van der Waals surface area contributed by atoms with Gasteiger partial charge in [0.2, 0.25) is 0 Å². The number of carbonyl (C=O) groups excluding carboxylic acids is 1. The van der Waals surface area contributed by atoms with Gasteiger partial charge in [0.1, 0.15) is 12.1 Å². The molecule has 1 amide bonds. The first-order valence-electron chi connectivity index (χ1n) is 8.89. The molecule has 0 atom stereocenters. The second kappa shape index (κ2) is 7.40. The molecule has 138 valence electrons. The minimum absolute atomic E-state index is 0.151. The van der Waals surface area contributed by atoms with Gasteiger partial charge in [-0.2, -0.15) is 0 Å². The summed E-state index contributed by atoms with van der Waals surface area (Å²) in [7, 11) is 1.85. The van der Waals surface area contributed by atoms with E-state index in [1.54, 1.807) is 40.3 Å². The summed E-state index contributed by atoms with van der Waals surface area (Å²) in [4.78, 5) is 16.3. The van der Waals surface area contributed by atoms with Gasteiger partial charge in [-0.15, -0.1) is 0 Å². The molecule has 28 heavy (non-hydrogen) atoms. The summed E-state index contributed by atoms with van der Waals surface area (Å²) in [6.45, 7) is 0. The monoisotopic (exact) mass is 369 g/mol. The molecule has 1 aliphatic rings. The number of para-hydroxylation sites is 3. The van der Waals surface area contributed by atoms with Crippen LogP contribution in [0.5, 0.6) is 5.75 Å². The molecule has 3 aromatic rings. The van der Waals surface area contributed by atoms with Crippen LogP contribution in [-0.4, -0.2) is 18.8 Å². The Labute approximate surface area is 163 Å². The van der Waals surface area contributed by atoms with Crippen molar-refractivity contribution in [1.29, 1.82) is 5.41 Å². The largest absolute Gasteiger partial charge is 0.461 e. The summed E-state index contributed by atoms with van der Waals surface area (Å²) in [6, 6.07) is 24.2. The molecule has 1 heterocycles. The fraction of sp³-hybridized carbons (Fsp3) is 0.0435. The Morgan fingerprint density at radius 2 is 1.54 bits per heavy atom. The molecule has 0 fully saturated rings. The second-order valence-corrected chi connectivity index (χ2v) is 6.37. The van der Waals surface area contributed by atoms with Crippen molar-refractivity contribution in [2.75, 3.05) is 16.8 Å². The van der Waals surface area contributed by atoms with Gasteiger partial charge in [-0.25, -0.2) is 0 Å². The minimum Gasteiger partial charge on any atom is -0.461 e. The first-order chi connectivity index (χ1) is 13.6. The molecule has 0 saturated heterocycles. The smallest absolute Gasteiger partial charge is 0.262 e. The molecule has 1 N–H and O–H groups in total. The average Bonchev–Trinajstić information content (AvgIpc) is 2.78. The number of nitrogens with zero attached hydrogens (tertiary/aromatic N) is 2. The van der Waals surface area contributed by atoms with Crippen LogP contribution in [0.15, 0.2) is 91.3 Å². The fourth-order valence-corrected chi connectivity index (χ4v) is 3.06. The summed E-state index contributed by atoms with van der Waals surface area (Å²) >= 11 is 0. The van der Waals surface area contributed by atoms with Crippen molar-refractivity contribution in [2.24, 2.45) is 0 Å². The average molecular weight is 369 g/mol. The van der Waals surface area contributed by atoms with Crippen molar-refractivity contribution < 1.29 is 9.53 Å². The molecule has 0 spiro atoms. The van der Waals surface area contributed by atoms with Gasteiger partial charge >= 0.3 is 0 Å². The lowest BCUT2D eigenvalue weighted by atomic mass is 10.1. The number of hydrogen-bond donors (Lipinski definition) is 1. The van der Waals surface area contributed by atoms with Crippen molar-refractivity contribution >= 4 is 23.1 Å². The number of fused-ring (bicyclic) bond motifs is 1. The summed E-state index contributed by atoms with van der Waals surface area (Å²) in [5, 5.41) is 8.45. The zero-order valence-corrected chi connectivity index (χ0v) is 15.4. The van der Waals surface area contributed by atoms with Crippen LogP contribution < -0.4 is 14.5 Å². The molecule has 0 saturated carbocycles. The number of rotatable bonds is 3. The number of anilines is 2. The zero-order valence-electron chi connectivity index (χ0n) is 15.4. The van der Waals surface area contributed by atoms with Gasteiger partial charge in [-0.05, 0) is 36.4 Å². The lowest BCUT2D eigenvalue weighted by Gasteiger charge is -2.24. The Hall–Kier alpha value is -3.86. The normalized spacial score (nSPS) is 12.1. The molecule has 0 aromatic heterocycles. The third kappa shape index (κ3) is 3.25. The van der Waals surface area contributed by atoms with Crippen LogP contribution in [-0.2, 0) is 0 Å². The summed E-state index contributed by atoms with van der Waals surface area (Å²) < 4.78 is 5.45. The summed E-state index contributed by atoms with van der Waals surface area (Å²) in [5.41, 5.74) is 2.92. The Bertz CT molecular complexity index is 1040. The number of carbonyl (C=O) groups is 1. The Kier molecular flexibility index (Phi) is 4.64. The lowest BCUT2D eigenvalue weighted by Crippen LogP contribution is -2.28. The fourth-order valence-electron chi connectivity index (χ4n) is 3.06. The maximum absolute atomic E-state index is 13.0. The van der Waals surface area contributed by atoms with Gasteiger partial charge in [-0.3, -0.25) is 15.1 Å². The Balaban J connectivity index is 1.55. The third-order valence-corrected chi connectivity index (χ3v) is 4.63. The molecule has 4 rings (SSSR count). The number of benzene rings is 3. The standard InChI is InChI=1S/C23H19N3O2/c1-25(19-7-3-2-4-8-19)22(24)17-11-13-18(14-12-17)23(27)26-15-16-28-21-10-6-5-9-20(21)26/h2-16,24H,1H3. The van der Waals surface area contributed by atoms with Crippen LogP contribution in [0.3, 0.4) is 0 Å². The van der Waals surface area contributed by atoms with Crippen molar-refractivity contribution in [1.82, 2.24) is 0 Å². The maximum Gasteiger partial charge on any atom is 0.262 e. The number of hydrogen-bond acceptors (Lipinski definition) is 3. The number of ether oxygens (including phenoxy) is 1. The molecule has 0 unspecified atom stereocenters. The van der Waals surface area contributed by atoms with Crippen LogP contribution in [0.25, 0.3) is 0 Å². The van der Waals surface area contributed by atoms with Gasteiger partial charge in [-0.1, -0.05) is 42.5 Å². The highest BCUT2D eigenvalue weighted by atomic mass is 16.5. The first kappa shape index (κ1) is 17.5. The molecule has 3 aromatic carbocycles. The molecule has 1 aliphatic heterocycles. The van der Waals surface area contributed by atoms with E-state index in [0.717, 1.165) is 11.3 Å². The molecule has 5 heteroatoms. The van der Waals surface area contributed by atoms with E-state index >= 15 is 0 Å². The highest BCUT2D eigenvalue weighted by molar-refractivity contribution is 6.10. The van der Waals surface area contributed by atoms with Crippen molar-refractivity contribution in [3.63, 3.8) is 0 Å². The van der Waals surface area contributed by atoms with Crippen molar-refractivity contribution in [2.45, 2.75) is 0 Å². The lowest BCUT2D eigenvalue weighted by molar-refractivity contribution is 0.0995. The minimum atomic E-state index is -0.151. The topological polar surface area (TPSA) is 56.6 Å². The van der Waals surface area contributed by atoms with Gasteiger partial charge in [0.25, 0.3) is 5.91 Å². The predicted molar refractivity (Wildman–Crippen MR) is 111 cm³/mol. The van der Waals surface area contributed by atoms with Crippen LogP contribution in [0.1, 0.15) is 15.9 Å². The van der Waals surface area contributed by atoms with Gasteiger partial charge in [0.15, 0.2) is 5.75 Å². The molecule has 5 nitrogen and oxygen atoms in total. The number of amidine groups is 1. The van der Waals surface area contributed by atoms with E-state index < -0.39 is 0 Å². The second-order valence-electron chi connectivity index (χ2n) is 6.37. The summed E-state index contributed by atoms with van der Waals surface area (Å²) in [5.74, 6) is 0.851. The van der Waals surface area contributed by atoms with Crippen LogP contribution in [0.2, 0.25) is 0 Å².